The van der Waals surface area contributed by atoms with Crippen molar-refractivity contribution < 1.29 is 14.0 Å². The van der Waals surface area contributed by atoms with Crippen LogP contribution in [0.15, 0.2) is 66.7 Å². The van der Waals surface area contributed by atoms with Crippen molar-refractivity contribution in [1.82, 2.24) is 4.90 Å². The summed E-state index contributed by atoms with van der Waals surface area (Å²) in [5.74, 6) is -1.56. The van der Waals surface area contributed by atoms with Crippen LogP contribution in [0.1, 0.15) is 73.6 Å². The molecule has 2 amide bonds. The van der Waals surface area contributed by atoms with Crippen LogP contribution in [0.25, 0.3) is 0 Å². The molecule has 1 unspecified atom stereocenters. The Balaban J connectivity index is 1.73. The maximum atomic E-state index is 14.9. The molecule has 3 aromatic rings. The Morgan fingerprint density at radius 2 is 1.71 bits per heavy atom. The second kappa shape index (κ2) is 11.4. The van der Waals surface area contributed by atoms with Crippen LogP contribution in [-0.2, 0) is 10.2 Å². The van der Waals surface area contributed by atoms with Gasteiger partial charge in [0.05, 0.1) is 17.5 Å². The highest BCUT2D eigenvalue weighted by Crippen LogP contribution is 2.39. The summed E-state index contributed by atoms with van der Waals surface area (Å²) in [5.41, 5.74) is 4.23. The molecule has 1 heterocycles. The van der Waals surface area contributed by atoms with E-state index in [2.05, 4.69) is 37.5 Å². The van der Waals surface area contributed by atoms with Gasteiger partial charge in [-0.15, -0.1) is 0 Å². The van der Waals surface area contributed by atoms with Crippen LogP contribution in [0.5, 0.6) is 0 Å². The minimum absolute atomic E-state index is 0.0539. The van der Waals surface area contributed by atoms with Gasteiger partial charge in [-0.1, -0.05) is 57.2 Å². The molecule has 6 heteroatoms. The van der Waals surface area contributed by atoms with Gasteiger partial charge in [0.2, 0.25) is 5.91 Å². The summed E-state index contributed by atoms with van der Waals surface area (Å²) < 4.78 is 14.9. The maximum absolute atomic E-state index is 14.9. The SMILES string of the molecule is CCNc1cccc([C@H]2C(C(=O)Nc3cccc(C(C)(C)C)c3)CCCN2C(=O)c2c(C)cccc2F)c1. The van der Waals surface area contributed by atoms with Gasteiger partial charge in [-0.25, -0.2) is 4.39 Å². The number of hydrogen-bond acceptors (Lipinski definition) is 3. The number of hydrogen-bond donors (Lipinski definition) is 2. The molecule has 1 fully saturated rings. The van der Waals surface area contributed by atoms with Crippen molar-refractivity contribution in [2.45, 2.75) is 58.9 Å². The van der Waals surface area contributed by atoms with Gasteiger partial charge in [-0.05, 0) is 79.1 Å². The molecular formula is C32H38FN3O2. The quantitative estimate of drug-likeness (QED) is 0.368. The molecule has 0 aliphatic carbocycles. The lowest BCUT2D eigenvalue weighted by atomic mass is 9.83. The summed E-state index contributed by atoms with van der Waals surface area (Å²) in [6.45, 7) is 11.4. The van der Waals surface area contributed by atoms with Crippen LogP contribution < -0.4 is 10.6 Å². The molecule has 1 saturated heterocycles. The first-order valence-electron chi connectivity index (χ1n) is 13.4. The van der Waals surface area contributed by atoms with E-state index in [1.54, 1.807) is 24.0 Å². The van der Waals surface area contributed by atoms with E-state index in [1.807, 2.05) is 49.4 Å². The number of carbonyl (C=O) groups excluding carboxylic acids is 2. The molecule has 200 valence electrons. The fourth-order valence-electron chi connectivity index (χ4n) is 5.29. The van der Waals surface area contributed by atoms with E-state index in [1.165, 1.54) is 6.07 Å². The Labute approximate surface area is 225 Å². The summed E-state index contributed by atoms with van der Waals surface area (Å²) in [5, 5.41) is 6.44. The predicted molar refractivity (Wildman–Crippen MR) is 152 cm³/mol. The molecular weight excluding hydrogens is 477 g/mol. The molecule has 2 atom stereocenters. The van der Waals surface area contributed by atoms with Crippen molar-refractivity contribution in [3.05, 3.63) is 94.8 Å². The van der Waals surface area contributed by atoms with Gasteiger partial charge in [0.15, 0.2) is 0 Å². The smallest absolute Gasteiger partial charge is 0.257 e. The van der Waals surface area contributed by atoms with Crippen molar-refractivity contribution in [2.75, 3.05) is 23.7 Å². The number of piperidine rings is 1. The second-order valence-electron chi connectivity index (χ2n) is 11.1. The standard InChI is InChI=1S/C32H38FN3O2/c1-6-34-24-14-8-12-22(19-24)29-26(30(37)35-25-15-9-13-23(20-25)32(3,4)5)16-10-18-36(29)31(38)28-21(2)11-7-17-27(28)33/h7-9,11-15,17,19-20,26,29,34H,6,10,16,18H2,1-5H3,(H,35,37)/t26?,29-/m0/s1. The first-order valence-corrected chi connectivity index (χ1v) is 13.4. The number of halogens is 1. The molecule has 1 aliphatic heterocycles. The zero-order valence-corrected chi connectivity index (χ0v) is 23.0. The molecule has 4 rings (SSSR count). The molecule has 0 aromatic heterocycles. The number of nitrogens with one attached hydrogen (secondary N) is 2. The summed E-state index contributed by atoms with van der Waals surface area (Å²) in [4.78, 5) is 29.4. The molecule has 5 nitrogen and oxygen atoms in total. The monoisotopic (exact) mass is 515 g/mol. The van der Waals surface area contributed by atoms with E-state index in [9.17, 15) is 14.0 Å². The van der Waals surface area contributed by atoms with E-state index in [4.69, 9.17) is 0 Å². The number of likely N-dealkylation sites (tertiary alicyclic amines) is 1. The van der Waals surface area contributed by atoms with E-state index >= 15 is 0 Å². The Hall–Kier alpha value is -3.67. The van der Waals surface area contributed by atoms with Gasteiger partial charge in [0.25, 0.3) is 5.91 Å². The van der Waals surface area contributed by atoms with Gasteiger partial charge in [0.1, 0.15) is 5.82 Å². The fraction of sp³-hybridized carbons (Fsp3) is 0.375. The maximum Gasteiger partial charge on any atom is 0.257 e. The molecule has 0 saturated carbocycles. The lowest BCUT2D eigenvalue weighted by Gasteiger charge is -2.41. The van der Waals surface area contributed by atoms with Crippen molar-refractivity contribution in [3.63, 3.8) is 0 Å². The molecule has 3 aromatic carbocycles. The van der Waals surface area contributed by atoms with E-state index in [0.29, 0.717) is 24.9 Å². The topological polar surface area (TPSA) is 61.4 Å². The first kappa shape index (κ1) is 27.4. The molecule has 0 spiro atoms. The van der Waals surface area contributed by atoms with Crippen LogP contribution >= 0.6 is 0 Å². The van der Waals surface area contributed by atoms with Gasteiger partial charge in [-0.2, -0.15) is 0 Å². The minimum atomic E-state index is -0.541. The third kappa shape index (κ3) is 5.90. The molecule has 0 radical (unpaired) electrons. The summed E-state index contributed by atoms with van der Waals surface area (Å²) in [6, 6.07) is 19.9. The minimum Gasteiger partial charge on any atom is -0.385 e. The molecule has 38 heavy (non-hydrogen) atoms. The normalized spacial score (nSPS) is 17.7. The highest BCUT2D eigenvalue weighted by molar-refractivity contribution is 5.98. The van der Waals surface area contributed by atoms with Crippen LogP contribution in [-0.4, -0.2) is 29.8 Å². The van der Waals surface area contributed by atoms with E-state index in [-0.39, 0.29) is 22.8 Å². The molecule has 2 N–H and O–H groups in total. The number of aryl methyl sites for hydroxylation is 1. The van der Waals surface area contributed by atoms with Crippen molar-refractivity contribution >= 4 is 23.2 Å². The number of rotatable bonds is 6. The highest BCUT2D eigenvalue weighted by Gasteiger charge is 2.40. The largest absolute Gasteiger partial charge is 0.385 e. The lowest BCUT2D eigenvalue weighted by Crippen LogP contribution is -2.46. The third-order valence-electron chi connectivity index (χ3n) is 7.27. The Kier molecular flexibility index (Phi) is 8.20. The summed E-state index contributed by atoms with van der Waals surface area (Å²) in [7, 11) is 0. The van der Waals surface area contributed by atoms with E-state index in [0.717, 1.165) is 29.0 Å². The number of carbonyl (C=O) groups is 2. The molecule has 1 aliphatic rings. The average molecular weight is 516 g/mol. The first-order chi connectivity index (χ1) is 18.1. The van der Waals surface area contributed by atoms with Crippen LogP contribution in [0.4, 0.5) is 15.8 Å². The van der Waals surface area contributed by atoms with Crippen molar-refractivity contribution in [1.29, 1.82) is 0 Å². The van der Waals surface area contributed by atoms with Crippen molar-refractivity contribution in [2.24, 2.45) is 5.92 Å². The third-order valence-corrected chi connectivity index (χ3v) is 7.27. The molecule has 0 bridgehead atoms. The van der Waals surface area contributed by atoms with Gasteiger partial charge in [0, 0.05) is 24.5 Å². The van der Waals surface area contributed by atoms with Crippen LogP contribution in [0.3, 0.4) is 0 Å². The zero-order chi connectivity index (χ0) is 27.4. The number of benzene rings is 3. The second-order valence-corrected chi connectivity index (χ2v) is 11.1. The van der Waals surface area contributed by atoms with Crippen molar-refractivity contribution in [3.8, 4) is 0 Å². The fourth-order valence-corrected chi connectivity index (χ4v) is 5.29. The van der Waals surface area contributed by atoms with Gasteiger partial charge < -0.3 is 15.5 Å². The lowest BCUT2D eigenvalue weighted by molar-refractivity contribution is -0.123. The number of nitrogens with zero attached hydrogens (tertiary/aromatic N) is 1. The number of anilines is 2. The summed E-state index contributed by atoms with van der Waals surface area (Å²) >= 11 is 0. The predicted octanol–water partition coefficient (Wildman–Crippen LogP) is 7.10. The van der Waals surface area contributed by atoms with Gasteiger partial charge >= 0.3 is 0 Å². The Bertz CT molecular complexity index is 1290. The average Bonchev–Trinajstić information content (AvgIpc) is 2.88. The Morgan fingerprint density at radius 1 is 1.00 bits per heavy atom. The van der Waals surface area contributed by atoms with Crippen LogP contribution in [0, 0.1) is 18.7 Å². The van der Waals surface area contributed by atoms with E-state index < -0.39 is 17.8 Å². The van der Waals surface area contributed by atoms with Crippen LogP contribution in [0.2, 0.25) is 0 Å². The zero-order valence-electron chi connectivity index (χ0n) is 23.0. The number of amides is 2. The Morgan fingerprint density at radius 3 is 2.42 bits per heavy atom. The summed E-state index contributed by atoms with van der Waals surface area (Å²) in [6.07, 6.45) is 1.28. The highest BCUT2D eigenvalue weighted by atomic mass is 19.1. The van der Waals surface area contributed by atoms with Gasteiger partial charge in [-0.3, -0.25) is 9.59 Å².